The Kier molecular flexibility index (Phi) is 5.58. The Morgan fingerprint density at radius 2 is 2.37 bits per heavy atom. The van der Waals surface area contributed by atoms with E-state index < -0.39 is 0 Å². The minimum Gasteiger partial charge on any atom is -0.378 e. The summed E-state index contributed by atoms with van der Waals surface area (Å²) >= 11 is 5.79. The fourth-order valence-electron chi connectivity index (χ4n) is 2.54. The molecule has 1 aromatic carbocycles. The topological polar surface area (TPSA) is 47.3 Å². The van der Waals surface area contributed by atoms with Crippen LogP contribution in [0, 0.1) is 5.82 Å². The van der Waals surface area contributed by atoms with E-state index in [1.807, 2.05) is 0 Å². The molecule has 0 aliphatic carbocycles. The zero-order valence-corrected chi connectivity index (χ0v) is 11.6. The molecular weight excluding hydrogens is 267 g/mol. The second kappa shape index (κ2) is 7.20. The van der Waals surface area contributed by atoms with Crippen molar-refractivity contribution in [1.29, 1.82) is 0 Å². The van der Waals surface area contributed by atoms with Crippen LogP contribution in [0.1, 0.15) is 43.7 Å². The van der Waals surface area contributed by atoms with E-state index in [4.69, 9.17) is 22.2 Å². The molecule has 106 valence electrons. The summed E-state index contributed by atoms with van der Waals surface area (Å²) in [6.07, 6.45) is 5.36. The van der Waals surface area contributed by atoms with Crippen molar-refractivity contribution in [3.05, 3.63) is 34.6 Å². The Bertz CT molecular complexity index is 410. The molecule has 1 fully saturated rings. The third-order valence-electron chi connectivity index (χ3n) is 3.60. The summed E-state index contributed by atoms with van der Waals surface area (Å²) in [6, 6.07) is 4.80. The van der Waals surface area contributed by atoms with Crippen LogP contribution in [0.5, 0.6) is 0 Å². The van der Waals surface area contributed by atoms with Gasteiger partial charge in [0.25, 0.3) is 0 Å². The van der Waals surface area contributed by atoms with Crippen LogP contribution >= 0.6 is 11.6 Å². The number of hydrogen-bond donors (Lipinski definition) is 2. The molecule has 1 aliphatic rings. The summed E-state index contributed by atoms with van der Waals surface area (Å²) in [6.45, 7) is 0.867. The Labute approximate surface area is 118 Å². The first-order chi connectivity index (χ1) is 9.22. The van der Waals surface area contributed by atoms with Crippen LogP contribution in [0.15, 0.2) is 18.2 Å². The molecule has 0 radical (unpaired) electrons. The highest BCUT2D eigenvalue weighted by atomic mass is 35.5. The van der Waals surface area contributed by atoms with Gasteiger partial charge in [0, 0.05) is 18.2 Å². The van der Waals surface area contributed by atoms with Crippen LogP contribution in [0.2, 0.25) is 5.02 Å². The first-order valence-electron chi connectivity index (χ1n) is 6.74. The van der Waals surface area contributed by atoms with Crippen molar-refractivity contribution in [2.45, 2.75) is 44.2 Å². The fourth-order valence-corrected chi connectivity index (χ4v) is 2.72. The van der Waals surface area contributed by atoms with Crippen LogP contribution in [-0.2, 0) is 4.74 Å². The van der Waals surface area contributed by atoms with E-state index in [1.54, 1.807) is 18.2 Å². The standard InChI is InChI=1S/C14H20ClFN2O/c15-12-7-2-6-11(14(12)16)13(18-17)8-1-4-10-5-3-9-19-10/h2,6-7,10,13,18H,1,3-5,8-9,17H2. The third-order valence-corrected chi connectivity index (χ3v) is 3.89. The van der Waals surface area contributed by atoms with Gasteiger partial charge < -0.3 is 4.74 Å². The molecule has 1 aromatic rings. The van der Waals surface area contributed by atoms with Gasteiger partial charge in [-0.1, -0.05) is 23.7 Å². The number of rotatable bonds is 6. The van der Waals surface area contributed by atoms with Gasteiger partial charge in [-0.25, -0.2) is 4.39 Å². The van der Waals surface area contributed by atoms with Gasteiger partial charge in [-0.15, -0.1) is 0 Å². The highest BCUT2D eigenvalue weighted by Crippen LogP contribution is 2.27. The lowest BCUT2D eigenvalue weighted by atomic mass is 9.99. The van der Waals surface area contributed by atoms with Crippen LogP contribution in [-0.4, -0.2) is 12.7 Å². The van der Waals surface area contributed by atoms with Gasteiger partial charge in [-0.2, -0.15) is 0 Å². The zero-order valence-electron chi connectivity index (χ0n) is 10.9. The lowest BCUT2D eigenvalue weighted by Gasteiger charge is -2.18. The van der Waals surface area contributed by atoms with Crippen molar-refractivity contribution < 1.29 is 9.13 Å². The Morgan fingerprint density at radius 3 is 3.05 bits per heavy atom. The van der Waals surface area contributed by atoms with Gasteiger partial charge in [-0.05, 0) is 38.2 Å². The number of benzene rings is 1. The van der Waals surface area contributed by atoms with Crippen molar-refractivity contribution in [1.82, 2.24) is 5.43 Å². The molecule has 2 rings (SSSR count). The van der Waals surface area contributed by atoms with Crippen LogP contribution in [0.3, 0.4) is 0 Å². The van der Waals surface area contributed by atoms with Crippen molar-refractivity contribution in [2.75, 3.05) is 6.61 Å². The number of hydrogen-bond acceptors (Lipinski definition) is 3. The van der Waals surface area contributed by atoms with E-state index in [9.17, 15) is 4.39 Å². The molecule has 3 nitrogen and oxygen atoms in total. The van der Waals surface area contributed by atoms with Crippen LogP contribution < -0.4 is 11.3 Å². The molecule has 2 atom stereocenters. The zero-order chi connectivity index (χ0) is 13.7. The molecule has 5 heteroatoms. The van der Waals surface area contributed by atoms with Gasteiger partial charge in [0.1, 0.15) is 5.82 Å². The Hall–Kier alpha value is -0.680. The third kappa shape index (κ3) is 3.89. The molecule has 1 aliphatic heterocycles. The maximum atomic E-state index is 13.9. The molecule has 0 bridgehead atoms. The van der Waals surface area contributed by atoms with Gasteiger partial charge in [0.2, 0.25) is 0 Å². The van der Waals surface area contributed by atoms with E-state index in [-0.39, 0.29) is 16.9 Å². The van der Waals surface area contributed by atoms with Crippen molar-refractivity contribution >= 4 is 11.6 Å². The molecule has 2 unspecified atom stereocenters. The second-order valence-corrected chi connectivity index (χ2v) is 5.34. The first kappa shape index (κ1) is 14.7. The summed E-state index contributed by atoms with van der Waals surface area (Å²) in [5, 5.41) is 0.136. The van der Waals surface area contributed by atoms with E-state index in [0.717, 1.165) is 38.7 Å². The summed E-state index contributed by atoms with van der Waals surface area (Å²) in [5.74, 6) is 5.14. The predicted molar refractivity (Wildman–Crippen MR) is 74.3 cm³/mol. The molecular formula is C14H20ClFN2O. The smallest absolute Gasteiger partial charge is 0.146 e. The first-order valence-corrected chi connectivity index (χ1v) is 7.12. The maximum Gasteiger partial charge on any atom is 0.146 e. The van der Waals surface area contributed by atoms with E-state index >= 15 is 0 Å². The molecule has 19 heavy (non-hydrogen) atoms. The summed E-state index contributed by atoms with van der Waals surface area (Å²) in [5.41, 5.74) is 3.20. The average Bonchev–Trinajstić information content (AvgIpc) is 2.92. The number of nitrogens with one attached hydrogen (secondary N) is 1. The van der Waals surface area contributed by atoms with E-state index in [1.165, 1.54) is 0 Å². The Morgan fingerprint density at radius 1 is 1.53 bits per heavy atom. The van der Waals surface area contributed by atoms with E-state index in [2.05, 4.69) is 5.43 Å². The highest BCUT2D eigenvalue weighted by Gasteiger charge is 2.19. The van der Waals surface area contributed by atoms with Crippen LogP contribution in [0.4, 0.5) is 4.39 Å². The van der Waals surface area contributed by atoms with E-state index in [0.29, 0.717) is 11.7 Å². The molecule has 0 saturated carbocycles. The molecule has 1 saturated heterocycles. The highest BCUT2D eigenvalue weighted by molar-refractivity contribution is 6.30. The summed E-state index contributed by atoms with van der Waals surface area (Å²) in [4.78, 5) is 0. The molecule has 0 aromatic heterocycles. The van der Waals surface area contributed by atoms with Gasteiger partial charge in [0.05, 0.1) is 11.1 Å². The molecule has 0 amide bonds. The van der Waals surface area contributed by atoms with Gasteiger partial charge in [0.15, 0.2) is 0 Å². The normalized spacial score (nSPS) is 20.7. The SMILES string of the molecule is NNC(CCCC1CCCO1)c1cccc(Cl)c1F. The summed E-state index contributed by atoms with van der Waals surface area (Å²) < 4.78 is 19.5. The van der Waals surface area contributed by atoms with Crippen molar-refractivity contribution in [2.24, 2.45) is 5.84 Å². The minimum absolute atomic E-state index is 0.136. The minimum atomic E-state index is -0.385. The largest absolute Gasteiger partial charge is 0.378 e. The number of hydrazine groups is 1. The predicted octanol–water partition coefficient (Wildman–Crippen LogP) is 3.33. The number of halogens is 2. The number of ether oxygens (including phenoxy) is 1. The van der Waals surface area contributed by atoms with Crippen molar-refractivity contribution in [3.8, 4) is 0 Å². The number of nitrogens with two attached hydrogens (primary N) is 1. The van der Waals surface area contributed by atoms with Gasteiger partial charge >= 0.3 is 0 Å². The lowest BCUT2D eigenvalue weighted by molar-refractivity contribution is 0.101. The quantitative estimate of drug-likeness (QED) is 0.623. The van der Waals surface area contributed by atoms with Crippen LogP contribution in [0.25, 0.3) is 0 Å². The molecule has 1 heterocycles. The average molecular weight is 287 g/mol. The monoisotopic (exact) mass is 286 g/mol. The summed E-state index contributed by atoms with van der Waals surface area (Å²) in [7, 11) is 0. The lowest BCUT2D eigenvalue weighted by Crippen LogP contribution is -2.29. The van der Waals surface area contributed by atoms with Crippen molar-refractivity contribution in [3.63, 3.8) is 0 Å². The van der Waals surface area contributed by atoms with Gasteiger partial charge in [-0.3, -0.25) is 11.3 Å². The molecule has 3 N–H and O–H groups in total. The maximum absolute atomic E-state index is 13.9. The Balaban J connectivity index is 1.90. The fraction of sp³-hybridized carbons (Fsp3) is 0.571. The second-order valence-electron chi connectivity index (χ2n) is 4.93. The molecule has 0 spiro atoms.